The van der Waals surface area contributed by atoms with E-state index in [0.29, 0.717) is 23.4 Å². The minimum Gasteiger partial charge on any atom is -0.462 e. The molecule has 0 fully saturated rings. The molecule has 0 saturated carbocycles. The summed E-state index contributed by atoms with van der Waals surface area (Å²) in [6.07, 6.45) is 1.06. The average molecular weight is 373 g/mol. The molecule has 1 heterocycles. The third-order valence-corrected chi connectivity index (χ3v) is 4.73. The van der Waals surface area contributed by atoms with Gasteiger partial charge in [0.1, 0.15) is 0 Å². The van der Waals surface area contributed by atoms with E-state index in [2.05, 4.69) is 5.32 Å². The summed E-state index contributed by atoms with van der Waals surface area (Å²) in [6, 6.07) is 8.38. The second-order valence-electron chi connectivity index (χ2n) is 6.01. The van der Waals surface area contributed by atoms with E-state index in [1.54, 1.807) is 35.6 Å². The lowest BCUT2D eigenvalue weighted by Crippen LogP contribution is -2.14. The van der Waals surface area contributed by atoms with Gasteiger partial charge in [-0.2, -0.15) is 0 Å². The van der Waals surface area contributed by atoms with E-state index in [9.17, 15) is 14.4 Å². The van der Waals surface area contributed by atoms with Crippen molar-refractivity contribution in [3.05, 3.63) is 51.2 Å². The van der Waals surface area contributed by atoms with E-state index in [0.717, 1.165) is 16.2 Å². The van der Waals surface area contributed by atoms with Gasteiger partial charge in [0, 0.05) is 33.8 Å². The third kappa shape index (κ3) is 5.52. The SMILES string of the molecule is CCCOC(=O)c1ccc(NC(=O)CCC(=O)c2cc(C)sc2C)cc1. The molecule has 0 aliphatic rings. The van der Waals surface area contributed by atoms with E-state index < -0.39 is 0 Å². The zero-order valence-electron chi connectivity index (χ0n) is 15.3. The molecule has 5 nitrogen and oxygen atoms in total. The number of benzene rings is 1. The Kier molecular flexibility index (Phi) is 7.09. The van der Waals surface area contributed by atoms with Crippen molar-refractivity contribution >= 4 is 34.7 Å². The molecular weight excluding hydrogens is 350 g/mol. The Bertz CT molecular complexity index is 793. The van der Waals surface area contributed by atoms with Crippen LogP contribution < -0.4 is 5.32 Å². The van der Waals surface area contributed by atoms with Crippen molar-refractivity contribution in [2.24, 2.45) is 0 Å². The lowest BCUT2D eigenvalue weighted by atomic mass is 10.1. The van der Waals surface area contributed by atoms with Crippen LogP contribution in [0, 0.1) is 13.8 Å². The first kappa shape index (κ1) is 19.8. The molecule has 6 heteroatoms. The fraction of sp³-hybridized carbons (Fsp3) is 0.350. The smallest absolute Gasteiger partial charge is 0.338 e. The van der Waals surface area contributed by atoms with Gasteiger partial charge in [-0.05, 0) is 50.6 Å². The monoisotopic (exact) mass is 373 g/mol. The van der Waals surface area contributed by atoms with Crippen LogP contribution >= 0.6 is 11.3 Å². The molecule has 1 amide bonds. The molecule has 26 heavy (non-hydrogen) atoms. The Balaban J connectivity index is 1.85. The molecule has 0 atom stereocenters. The number of carbonyl (C=O) groups excluding carboxylic acids is 3. The fourth-order valence-corrected chi connectivity index (χ4v) is 3.40. The standard InChI is InChI=1S/C20H23NO4S/c1-4-11-25-20(24)15-5-7-16(8-6-15)21-19(23)10-9-18(22)17-12-13(2)26-14(17)3/h5-8,12H,4,9-11H2,1-3H3,(H,21,23). The van der Waals surface area contributed by atoms with Crippen molar-refractivity contribution in [1.82, 2.24) is 0 Å². The maximum absolute atomic E-state index is 12.2. The minimum absolute atomic E-state index is 0.0176. The van der Waals surface area contributed by atoms with Crippen molar-refractivity contribution in [2.75, 3.05) is 11.9 Å². The quantitative estimate of drug-likeness (QED) is 0.545. The van der Waals surface area contributed by atoms with Crippen LogP contribution in [0.1, 0.15) is 56.7 Å². The van der Waals surface area contributed by atoms with Crippen LogP contribution in [-0.2, 0) is 9.53 Å². The van der Waals surface area contributed by atoms with Gasteiger partial charge < -0.3 is 10.1 Å². The molecular formula is C20H23NO4S. The van der Waals surface area contributed by atoms with Crippen molar-refractivity contribution in [3.8, 4) is 0 Å². The Morgan fingerprint density at radius 1 is 1.08 bits per heavy atom. The fourth-order valence-electron chi connectivity index (χ4n) is 2.46. The van der Waals surface area contributed by atoms with Gasteiger partial charge in [-0.25, -0.2) is 4.79 Å². The molecule has 0 radical (unpaired) electrons. The average Bonchev–Trinajstić information content (AvgIpc) is 2.96. The van der Waals surface area contributed by atoms with Crippen molar-refractivity contribution in [2.45, 2.75) is 40.0 Å². The second kappa shape index (κ2) is 9.29. The van der Waals surface area contributed by atoms with Gasteiger partial charge in [-0.3, -0.25) is 9.59 Å². The summed E-state index contributed by atoms with van der Waals surface area (Å²) >= 11 is 1.58. The topological polar surface area (TPSA) is 72.5 Å². The summed E-state index contributed by atoms with van der Waals surface area (Å²) in [6.45, 7) is 6.19. The van der Waals surface area contributed by atoms with E-state index in [1.807, 2.05) is 26.8 Å². The first-order valence-corrected chi connectivity index (χ1v) is 9.39. The number of hydrogen-bond acceptors (Lipinski definition) is 5. The number of rotatable bonds is 8. The summed E-state index contributed by atoms with van der Waals surface area (Å²) < 4.78 is 5.05. The largest absolute Gasteiger partial charge is 0.462 e. The van der Waals surface area contributed by atoms with Gasteiger partial charge in [-0.15, -0.1) is 11.3 Å². The number of ether oxygens (including phenoxy) is 1. The summed E-state index contributed by atoms with van der Waals surface area (Å²) in [5.74, 6) is -0.628. The number of esters is 1. The highest BCUT2D eigenvalue weighted by atomic mass is 32.1. The Hall–Kier alpha value is -2.47. The number of anilines is 1. The molecule has 138 valence electrons. The number of nitrogens with one attached hydrogen (secondary N) is 1. The van der Waals surface area contributed by atoms with Crippen LogP contribution in [0.15, 0.2) is 30.3 Å². The minimum atomic E-state index is -0.378. The highest BCUT2D eigenvalue weighted by Gasteiger charge is 2.14. The maximum atomic E-state index is 12.2. The van der Waals surface area contributed by atoms with Gasteiger partial charge in [0.2, 0.25) is 5.91 Å². The number of carbonyl (C=O) groups is 3. The second-order valence-corrected chi connectivity index (χ2v) is 7.47. The first-order chi connectivity index (χ1) is 12.4. The van der Waals surface area contributed by atoms with Crippen LogP contribution in [0.25, 0.3) is 0 Å². The number of hydrogen-bond donors (Lipinski definition) is 1. The number of ketones is 1. The van der Waals surface area contributed by atoms with Crippen molar-refractivity contribution in [3.63, 3.8) is 0 Å². The highest BCUT2D eigenvalue weighted by molar-refractivity contribution is 7.12. The number of thiophene rings is 1. The van der Waals surface area contributed by atoms with Crippen LogP contribution in [0.3, 0.4) is 0 Å². The molecule has 1 aromatic carbocycles. The molecule has 0 aliphatic carbocycles. The summed E-state index contributed by atoms with van der Waals surface area (Å²) in [5.41, 5.74) is 1.72. The molecule has 2 aromatic rings. The Labute approximate surface area is 157 Å². The molecule has 0 bridgehead atoms. The Morgan fingerprint density at radius 2 is 1.77 bits per heavy atom. The molecule has 2 rings (SSSR count). The Morgan fingerprint density at radius 3 is 2.35 bits per heavy atom. The van der Waals surface area contributed by atoms with Crippen molar-refractivity contribution < 1.29 is 19.1 Å². The molecule has 1 aromatic heterocycles. The van der Waals surface area contributed by atoms with Crippen LogP contribution in [0.4, 0.5) is 5.69 Å². The van der Waals surface area contributed by atoms with Gasteiger partial charge in [-0.1, -0.05) is 6.92 Å². The third-order valence-electron chi connectivity index (χ3n) is 3.76. The lowest BCUT2D eigenvalue weighted by molar-refractivity contribution is -0.116. The van der Waals surface area contributed by atoms with Gasteiger partial charge >= 0.3 is 5.97 Å². The summed E-state index contributed by atoms with van der Waals surface area (Å²) in [7, 11) is 0. The van der Waals surface area contributed by atoms with E-state index in [-0.39, 0.29) is 30.5 Å². The molecule has 0 aliphatic heterocycles. The van der Waals surface area contributed by atoms with E-state index >= 15 is 0 Å². The zero-order chi connectivity index (χ0) is 19.1. The summed E-state index contributed by atoms with van der Waals surface area (Å²) in [5, 5.41) is 2.74. The van der Waals surface area contributed by atoms with Gasteiger partial charge in [0.25, 0.3) is 0 Å². The van der Waals surface area contributed by atoms with E-state index in [1.165, 1.54) is 0 Å². The number of amides is 1. The number of Topliss-reactive ketones (excluding diaryl/α,β-unsaturated/α-hetero) is 1. The normalized spacial score (nSPS) is 10.4. The van der Waals surface area contributed by atoms with Gasteiger partial charge in [0.05, 0.1) is 12.2 Å². The predicted octanol–water partition coefficient (Wildman–Crippen LogP) is 4.53. The molecule has 1 N–H and O–H groups in total. The zero-order valence-corrected chi connectivity index (χ0v) is 16.1. The van der Waals surface area contributed by atoms with E-state index in [4.69, 9.17) is 4.74 Å². The van der Waals surface area contributed by atoms with Crippen LogP contribution in [0.2, 0.25) is 0 Å². The lowest BCUT2D eigenvalue weighted by Gasteiger charge is -2.07. The predicted molar refractivity (Wildman–Crippen MR) is 103 cm³/mol. The summed E-state index contributed by atoms with van der Waals surface area (Å²) in [4.78, 5) is 38.1. The van der Waals surface area contributed by atoms with Crippen LogP contribution in [-0.4, -0.2) is 24.3 Å². The molecule has 0 spiro atoms. The van der Waals surface area contributed by atoms with Gasteiger partial charge in [0.15, 0.2) is 5.78 Å². The van der Waals surface area contributed by atoms with Crippen LogP contribution in [0.5, 0.6) is 0 Å². The molecule has 0 unspecified atom stereocenters. The highest BCUT2D eigenvalue weighted by Crippen LogP contribution is 2.22. The first-order valence-electron chi connectivity index (χ1n) is 8.58. The van der Waals surface area contributed by atoms with Crippen molar-refractivity contribution in [1.29, 1.82) is 0 Å². The number of aryl methyl sites for hydroxylation is 2. The maximum Gasteiger partial charge on any atom is 0.338 e. The molecule has 0 saturated heterocycles.